The predicted octanol–water partition coefficient (Wildman–Crippen LogP) is 2.52. The third kappa shape index (κ3) is 4.12. The molecule has 0 N–H and O–H groups in total. The summed E-state index contributed by atoms with van der Waals surface area (Å²) in [5, 5.41) is 0.957. The molecule has 3 heteroatoms. The highest BCUT2D eigenvalue weighted by Crippen LogP contribution is 2.40. The number of rotatable bonds is 5. The Morgan fingerprint density at radius 3 is 2.62 bits per heavy atom. The first-order valence-corrected chi connectivity index (χ1v) is 7.35. The summed E-state index contributed by atoms with van der Waals surface area (Å²) < 4.78 is 0. The van der Waals surface area contributed by atoms with E-state index in [1.807, 2.05) is 30.3 Å². The van der Waals surface area contributed by atoms with Gasteiger partial charge < -0.3 is 4.89 Å². The van der Waals surface area contributed by atoms with Crippen molar-refractivity contribution in [1.29, 1.82) is 0 Å². The molecule has 0 heterocycles. The van der Waals surface area contributed by atoms with Crippen LogP contribution in [0.2, 0.25) is 0 Å². The molecule has 72 valence electrons. The van der Waals surface area contributed by atoms with Gasteiger partial charge in [0.1, 0.15) is 0 Å². The second-order valence-corrected chi connectivity index (χ2v) is 6.25. The average molecular weight is 213 g/mol. The molecule has 0 spiro atoms. The summed E-state index contributed by atoms with van der Waals surface area (Å²) in [6.07, 6.45) is 2.32. The molecule has 1 aromatic rings. The first kappa shape index (κ1) is 11.0. The summed E-state index contributed by atoms with van der Waals surface area (Å²) in [5.41, 5.74) is 0. The first-order chi connectivity index (χ1) is 6.34. The molecule has 0 fully saturated rings. The molecule has 0 radical (unpaired) electrons. The van der Waals surface area contributed by atoms with Gasteiger partial charge in [-0.2, -0.15) is 0 Å². The van der Waals surface area contributed by atoms with Crippen molar-refractivity contribution in [2.24, 2.45) is 0 Å². The predicted molar refractivity (Wildman–Crippen MR) is 60.4 cm³/mol. The van der Waals surface area contributed by atoms with E-state index in [9.17, 15) is 4.89 Å². The van der Waals surface area contributed by atoms with E-state index in [0.717, 1.165) is 17.5 Å². The maximum absolute atomic E-state index is 11.6. The van der Waals surface area contributed by atoms with Gasteiger partial charge in [0.15, 0.2) is 0 Å². The van der Waals surface area contributed by atoms with E-state index in [4.69, 9.17) is 0 Å². The minimum Gasteiger partial charge on any atom is -0.818 e. The molecule has 0 saturated carbocycles. The SMILES string of the molecule is CCCCSP([O-])c1ccccc1. The Bertz CT molecular complexity index is 228. The minimum absolute atomic E-state index is 0.957. The van der Waals surface area contributed by atoms with Crippen LogP contribution in [0, 0.1) is 0 Å². The van der Waals surface area contributed by atoms with Gasteiger partial charge in [-0.1, -0.05) is 43.7 Å². The van der Waals surface area contributed by atoms with E-state index >= 15 is 0 Å². The lowest BCUT2D eigenvalue weighted by Gasteiger charge is -2.22. The summed E-state index contributed by atoms with van der Waals surface area (Å²) in [7, 11) is -1.22. The topological polar surface area (TPSA) is 23.1 Å². The average Bonchev–Trinajstić information content (AvgIpc) is 2.19. The fraction of sp³-hybridized carbons (Fsp3) is 0.400. The van der Waals surface area contributed by atoms with Crippen LogP contribution in [0.25, 0.3) is 0 Å². The molecule has 13 heavy (non-hydrogen) atoms. The molecule has 0 aliphatic rings. The number of benzene rings is 1. The quantitative estimate of drug-likeness (QED) is 0.554. The molecule has 1 atom stereocenters. The van der Waals surface area contributed by atoms with Gasteiger partial charge >= 0.3 is 0 Å². The zero-order chi connectivity index (χ0) is 9.52. The van der Waals surface area contributed by atoms with E-state index in [1.165, 1.54) is 6.42 Å². The van der Waals surface area contributed by atoms with Crippen LogP contribution >= 0.6 is 18.7 Å². The molecule has 0 aromatic heterocycles. The molecule has 1 rings (SSSR count). The van der Waals surface area contributed by atoms with E-state index < -0.39 is 7.35 Å². The molecule has 0 aliphatic heterocycles. The van der Waals surface area contributed by atoms with Crippen LogP contribution in [0.4, 0.5) is 0 Å². The maximum Gasteiger partial charge on any atom is -0.00349 e. The summed E-state index contributed by atoms with van der Waals surface area (Å²) in [4.78, 5) is 11.6. The van der Waals surface area contributed by atoms with Gasteiger partial charge in [0.05, 0.1) is 0 Å². The zero-order valence-electron chi connectivity index (χ0n) is 7.77. The molecule has 0 saturated heterocycles. The second kappa shape index (κ2) is 6.42. The van der Waals surface area contributed by atoms with Gasteiger partial charge in [-0.05, 0) is 17.5 Å². The lowest BCUT2D eigenvalue weighted by Crippen LogP contribution is -2.07. The molecule has 0 amide bonds. The highest BCUT2D eigenvalue weighted by molar-refractivity contribution is 8.55. The summed E-state index contributed by atoms with van der Waals surface area (Å²) in [6, 6.07) is 9.67. The van der Waals surface area contributed by atoms with Crippen molar-refractivity contribution in [2.75, 3.05) is 5.75 Å². The standard InChI is InChI=1S/C10H14OPS/c1-2-3-9-13-12(11)10-7-5-4-6-8-10/h4-8H,2-3,9H2,1H3/q-1. The summed E-state index contributed by atoms with van der Waals surface area (Å²) in [5.74, 6) is 1.00. The van der Waals surface area contributed by atoms with Crippen molar-refractivity contribution in [2.45, 2.75) is 19.8 Å². The molecular weight excluding hydrogens is 199 g/mol. The van der Waals surface area contributed by atoms with Crippen molar-refractivity contribution in [1.82, 2.24) is 0 Å². The van der Waals surface area contributed by atoms with Crippen molar-refractivity contribution in [3.8, 4) is 0 Å². The first-order valence-electron chi connectivity index (χ1n) is 4.50. The van der Waals surface area contributed by atoms with Gasteiger partial charge in [0, 0.05) is 0 Å². The Balaban J connectivity index is 2.35. The van der Waals surface area contributed by atoms with Crippen molar-refractivity contribution in [3.63, 3.8) is 0 Å². The monoisotopic (exact) mass is 213 g/mol. The molecule has 1 aromatic carbocycles. The number of unbranched alkanes of at least 4 members (excludes halogenated alkanes) is 1. The van der Waals surface area contributed by atoms with Crippen LogP contribution in [0.15, 0.2) is 30.3 Å². The van der Waals surface area contributed by atoms with Gasteiger partial charge in [0.25, 0.3) is 0 Å². The Labute approximate surface area is 85.1 Å². The minimum atomic E-state index is -1.22. The van der Waals surface area contributed by atoms with Crippen LogP contribution in [-0.4, -0.2) is 5.75 Å². The molecule has 1 unspecified atom stereocenters. The van der Waals surface area contributed by atoms with E-state index in [-0.39, 0.29) is 0 Å². The van der Waals surface area contributed by atoms with Gasteiger partial charge in [-0.15, -0.1) is 18.7 Å². The largest absolute Gasteiger partial charge is 0.818 e. The fourth-order valence-corrected chi connectivity index (χ4v) is 3.76. The number of hydrogen-bond donors (Lipinski definition) is 0. The lowest BCUT2D eigenvalue weighted by atomic mass is 10.4. The van der Waals surface area contributed by atoms with Crippen molar-refractivity contribution >= 4 is 24.0 Å². The summed E-state index contributed by atoms with van der Waals surface area (Å²) in [6.45, 7) is 2.15. The third-order valence-electron chi connectivity index (χ3n) is 1.67. The zero-order valence-corrected chi connectivity index (χ0v) is 9.48. The van der Waals surface area contributed by atoms with Crippen LogP contribution in [0.1, 0.15) is 19.8 Å². The highest BCUT2D eigenvalue weighted by atomic mass is 32.7. The van der Waals surface area contributed by atoms with Crippen LogP contribution < -0.4 is 10.2 Å². The Hall–Kier alpha value is -0.0400. The normalized spacial score (nSPS) is 12.8. The molecule has 1 nitrogen and oxygen atoms in total. The molecule has 0 aliphatic carbocycles. The van der Waals surface area contributed by atoms with Crippen LogP contribution in [0.3, 0.4) is 0 Å². The third-order valence-corrected chi connectivity index (χ3v) is 4.98. The Morgan fingerprint density at radius 2 is 2.00 bits per heavy atom. The van der Waals surface area contributed by atoms with Crippen molar-refractivity contribution in [3.05, 3.63) is 30.3 Å². The van der Waals surface area contributed by atoms with Gasteiger partial charge in [-0.25, -0.2) is 0 Å². The van der Waals surface area contributed by atoms with E-state index in [0.29, 0.717) is 0 Å². The van der Waals surface area contributed by atoms with Crippen LogP contribution in [0.5, 0.6) is 0 Å². The fourth-order valence-electron chi connectivity index (χ4n) is 0.916. The maximum atomic E-state index is 11.6. The van der Waals surface area contributed by atoms with Crippen LogP contribution in [-0.2, 0) is 0 Å². The molecule has 0 bridgehead atoms. The molecular formula is C10H14OPS-. The summed E-state index contributed by atoms with van der Waals surface area (Å²) >= 11 is 1.56. The van der Waals surface area contributed by atoms with Gasteiger partial charge in [-0.3, -0.25) is 0 Å². The Morgan fingerprint density at radius 1 is 1.31 bits per heavy atom. The lowest BCUT2D eigenvalue weighted by molar-refractivity contribution is -0.150. The second-order valence-electron chi connectivity index (χ2n) is 2.78. The smallest absolute Gasteiger partial charge is 0.00349 e. The highest BCUT2D eigenvalue weighted by Gasteiger charge is 1.96. The van der Waals surface area contributed by atoms with Crippen molar-refractivity contribution < 1.29 is 4.89 Å². The van der Waals surface area contributed by atoms with E-state index in [1.54, 1.807) is 11.4 Å². The number of hydrogen-bond acceptors (Lipinski definition) is 2. The Kier molecular flexibility index (Phi) is 5.45. The van der Waals surface area contributed by atoms with E-state index in [2.05, 4.69) is 6.92 Å². The van der Waals surface area contributed by atoms with Gasteiger partial charge in [0.2, 0.25) is 0 Å².